The van der Waals surface area contributed by atoms with Gasteiger partial charge in [-0.2, -0.15) is 0 Å². The molecule has 0 atom stereocenters. The van der Waals surface area contributed by atoms with Crippen molar-refractivity contribution >= 4 is 0 Å². The number of nitrogens with zero attached hydrogens (tertiary/aromatic N) is 1. The fourth-order valence-electron chi connectivity index (χ4n) is 2.10. The molecule has 0 aromatic carbocycles. The third kappa shape index (κ3) is 2.96. The van der Waals surface area contributed by atoms with Gasteiger partial charge in [-0.25, -0.2) is 0 Å². The monoisotopic (exact) mass is 185 g/mol. The molecule has 1 aliphatic heterocycles. The van der Waals surface area contributed by atoms with Gasteiger partial charge in [-0.15, -0.1) is 0 Å². The summed E-state index contributed by atoms with van der Waals surface area (Å²) >= 11 is 0. The largest absolute Gasteiger partial charge is 0.379 e. The summed E-state index contributed by atoms with van der Waals surface area (Å²) in [4.78, 5) is 2.59. The lowest BCUT2D eigenvalue weighted by Gasteiger charge is -2.43. The number of hydrogen-bond acceptors (Lipinski definition) is 2. The first-order chi connectivity index (χ1) is 6.36. The molecule has 0 bridgehead atoms. The van der Waals surface area contributed by atoms with Crippen LogP contribution in [-0.2, 0) is 4.74 Å². The van der Waals surface area contributed by atoms with Crippen LogP contribution in [0.1, 0.15) is 33.6 Å². The fraction of sp³-hybridized carbons (Fsp3) is 1.00. The van der Waals surface area contributed by atoms with E-state index in [1.165, 1.54) is 12.8 Å². The van der Waals surface area contributed by atoms with Crippen molar-refractivity contribution in [2.45, 2.75) is 39.7 Å². The van der Waals surface area contributed by atoms with Crippen LogP contribution in [0.15, 0.2) is 0 Å². The van der Waals surface area contributed by atoms with E-state index in [0.29, 0.717) is 0 Å². The second-order valence-corrected chi connectivity index (χ2v) is 3.88. The molecule has 0 amide bonds. The van der Waals surface area contributed by atoms with Gasteiger partial charge >= 0.3 is 0 Å². The van der Waals surface area contributed by atoms with E-state index < -0.39 is 0 Å². The lowest BCUT2D eigenvalue weighted by Crippen LogP contribution is -2.49. The Morgan fingerprint density at radius 2 is 1.62 bits per heavy atom. The molecule has 0 aromatic heterocycles. The van der Waals surface area contributed by atoms with Crippen molar-refractivity contribution < 1.29 is 4.74 Å². The van der Waals surface area contributed by atoms with Gasteiger partial charge in [0, 0.05) is 19.1 Å². The summed E-state index contributed by atoms with van der Waals surface area (Å²) in [5, 5.41) is 0. The molecule has 1 aliphatic carbocycles. The second kappa shape index (κ2) is 5.61. The van der Waals surface area contributed by atoms with Gasteiger partial charge in [0.2, 0.25) is 0 Å². The van der Waals surface area contributed by atoms with Gasteiger partial charge in [0.05, 0.1) is 13.2 Å². The maximum atomic E-state index is 5.30. The first-order valence-corrected chi connectivity index (χ1v) is 5.68. The van der Waals surface area contributed by atoms with Crippen LogP contribution in [-0.4, -0.2) is 37.2 Å². The molecule has 0 N–H and O–H groups in total. The van der Waals surface area contributed by atoms with Crippen molar-refractivity contribution in [2.75, 3.05) is 26.3 Å². The van der Waals surface area contributed by atoms with E-state index >= 15 is 0 Å². The first-order valence-electron chi connectivity index (χ1n) is 5.68. The highest BCUT2D eigenvalue weighted by molar-refractivity contribution is 4.85. The third-order valence-corrected chi connectivity index (χ3v) is 2.91. The summed E-state index contributed by atoms with van der Waals surface area (Å²) in [5.74, 6) is 0.975. The van der Waals surface area contributed by atoms with Gasteiger partial charge < -0.3 is 4.74 Å². The second-order valence-electron chi connectivity index (χ2n) is 3.88. The normalized spacial score (nSPS) is 34.4. The Hall–Kier alpha value is -0.0800. The van der Waals surface area contributed by atoms with Gasteiger partial charge in [0.1, 0.15) is 0 Å². The van der Waals surface area contributed by atoms with Gasteiger partial charge in [0.25, 0.3) is 0 Å². The zero-order chi connectivity index (χ0) is 9.68. The van der Waals surface area contributed by atoms with Gasteiger partial charge in [-0.3, -0.25) is 4.90 Å². The molecule has 1 heterocycles. The molecule has 78 valence electrons. The smallest absolute Gasteiger partial charge is 0.0594 e. The Bertz CT molecular complexity index is 126. The van der Waals surface area contributed by atoms with Crippen molar-refractivity contribution in [2.24, 2.45) is 5.92 Å². The Kier molecular flexibility index (Phi) is 4.74. The molecule has 2 rings (SSSR count). The summed E-state index contributed by atoms with van der Waals surface area (Å²) in [7, 11) is 0. The summed E-state index contributed by atoms with van der Waals surface area (Å²) in [5.41, 5.74) is 0. The van der Waals surface area contributed by atoms with E-state index in [9.17, 15) is 0 Å². The van der Waals surface area contributed by atoms with Crippen LogP contribution >= 0.6 is 0 Å². The van der Waals surface area contributed by atoms with Crippen LogP contribution < -0.4 is 0 Å². The SMILES string of the molecule is CC.CC1CC(N2CCOCC2)C1. The predicted octanol–water partition coefficient (Wildman–Crippen LogP) is 2.14. The molecule has 0 radical (unpaired) electrons. The Morgan fingerprint density at radius 1 is 1.08 bits per heavy atom. The van der Waals surface area contributed by atoms with Crippen molar-refractivity contribution in [3.63, 3.8) is 0 Å². The average Bonchev–Trinajstić information content (AvgIpc) is 2.18. The summed E-state index contributed by atoms with van der Waals surface area (Å²) < 4.78 is 5.30. The molecule has 0 aromatic rings. The van der Waals surface area contributed by atoms with E-state index in [1.54, 1.807) is 0 Å². The molecule has 2 aliphatic rings. The fourth-order valence-corrected chi connectivity index (χ4v) is 2.10. The van der Waals surface area contributed by atoms with E-state index in [2.05, 4.69) is 11.8 Å². The zero-order valence-electron chi connectivity index (χ0n) is 9.25. The molecule has 0 unspecified atom stereocenters. The Labute approximate surface area is 82.3 Å². The summed E-state index contributed by atoms with van der Waals surface area (Å²) in [6.07, 6.45) is 2.83. The van der Waals surface area contributed by atoms with Crippen LogP contribution in [0.3, 0.4) is 0 Å². The third-order valence-electron chi connectivity index (χ3n) is 2.91. The molecule has 2 nitrogen and oxygen atoms in total. The van der Waals surface area contributed by atoms with E-state index in [1.807, 2.05) is 13.8 Å². The van der Waals surface area contributed by atoms with Gasteiger partial charge in [-0.05, 0) is 18.8 Å². The summed E-state index contributed by atoms with van der Waals surface area (Å²) in [6, 6.07) is 0.897. The first kappa shape index (κ1) is 11.0. The highest BCUT2D eigenvalue weighted by Gasteiger charge is 2.31. The number of hydrogen-bond donors (Lipinski definition) is 0. The van der Waals surface area contributed by atoms with E-state index in [4.69, 9.17) is 4.74 Å². The number of ether oxygens (including phenoxy) is 1. The minimum Gasteiger partial charge on any atom is -0.379 e. The van der Waals surface area contributed by atoms with Crippen molar-refractivity contribution in [1.82, 2.24) is 4.90 Å². The molecule has 2 fully saturated rings. The van der Waals surface area contributed by atoms with Crippen molar-refractivity contribution in [3.8, 4) is 0 Å². The van der Waals surface area contributed by atoms with Crippen LogP contribution in [0.5, 0.6) is 0 Å². The Balaban J connectivity index is 0.000000396. The summed E-state index contributed by atoms with van der Waals surface area (Å²) in [6.45, 7) is 10.6. The van der Waals surface area contributed by atoms with Crippen molar-refractivity contribution in [3.05, 3.63) is 0 Å². The van der Waals surface area contributed by atoms with Crippen molar-refractivity contribution in [1.29, 1.82) is 0 Å². The van der Waals surface area contributed by atoms with E-state index in [-0.39, 0.29) is 0 Å². The predicted molar refractivity (Wildman–Crippen MR) is 55.9 cm³/mol. The minimum absolute atomic E-state index is 0.897. The standard InChI is InChI=1S/C9H17NO.C2H6/c1-8-6-9(7-8)10-2-4-11-5-3-10;1-2/h8-9H,2-7H2,1H3;1-2H3. The Morgan fingerprint density at radius 3 is 2.08 bits per heavy atom. The topological polar surface area (TPSA) is 12.5 Å². The van der Waals surface area contributed by atoms with Crippen LogP contribution in [0.2, 0.25) is 0 Å². The quantitative estimate of drug-likeness (QED) is 0.620. The maximum Gasteiger partial charge on any atom is 0.0594 e. The van der Waals surface area contributed by atoms with Gasteiger partial charge in [-0.1, -0.05) is 20.8 Å². The maximum absolute atomic E-state index is 5.30. The molecule has 0 spiro atoms. The number of morpholine rings is 1. The molecular weight excluding hydrogens is 162 g/mol. The molecular formula is C11H23NO. The average molecular weight is 185 g/mol. The van der Waals surface area contributed by atoms with Crippen LogP contribution in [0.4, 0.5) is 0 Å². The lowest BCUT2D eigenvalue weighted by molar-refractivity contribution is -0.0143. The molecule has 2 heteroatoms. The van der Waals surface area contributed by atoms with Crippen LogP contribution in [0.25, 0.3) is 0 Å². The minimum atomic E-state index is 0.897. The molecule has 13 heavy (non-hydrogen) atoms. The van der Waals surface area contributed by atoms with Gasteiger partial charge in [0.15, 0.2) is 0 Å². The number of rotatable bonds is 1. The molecule has 1 saturated carbocycles. The molecule has 1 saturated heterocycles. The van der Waals surface area contributed by atoms with E-state index in [0.717, 1.165) is 38.3 Å². The highest BCUT2D eigenvalue weighted by Crippen LogP contribution is 2.31. The zero-order valence-corrected chi connectivity index (χ0v) is 9.25. The van der Waals surface area contributed by atoms with Crippen LogP contribution in [0, 0.1) is 5.92 Å². The lowest BCUT2D eigenvalue weighted by atomic mass is 9.81. The highest BCUT2D eigenvalue weighted by atomic mass is 16.5.